The number of nitriles is 1. The van der Waals surface area contributed by atoms with E-state index in [1.165, 1.54) is 19.3 Å². The van der Waals surface area contributed by atoms with Crippen LogP contribution in [0, 0.1) is 11.3 Å². The Bertz CT molecular complexity index is 1510. The Balaban J connectivity index is 1.20. The van der Waals surface area contributed by atoms with E-state index in [0.29, 0.717) is 57.4 Å². The number of ether oxygens (including phenoxy) is 3. The summed E-state index contributed by atoms with van der Waals surface area (Å²) in [6, 6.07) is 21.3. The number of nitrogens with zero attached hydrogens (tertiary/aromatic N) is 3. The first kappa shape index (κ1) is 27.7. The van der Waals surface area contributed by atoms with Crippen LogP contribution in [-0.4, -0.2) is 49.3 Å². The van der Waals surface area contributed by atoms with Crippen molar-refractivity contribution >= 4 is 28.3 Å². The molecule has 1 aliphatic heterocycles. The summed E-state index contributed by atoms with van der Waals surface area (Å²) < 4.78 is 17.3. The molecule has 1 aliphatic rings. The molecule has 1 saturated heterocycles. The lowest BCUT2D eigenvalue weighted by atomic mass is 10.1. The van der Waals surface area contributed by atoms with Gasteiger partial charge in [0, 0.05) is 35.6 Å². The van der Waals surface area contributed by atoms with Crippen molar-refractivity contribution in [2.45, 2.75) is 25.7 Å². The number of nitrogens with one attached hydrogen (secondary N) is 2. The standard InChI is InChI=1S/C32H33N5O4/c1-39-26-10-6-24(7-11-26)35-32(38)36-25-8-12-27(13-9-25)41-30-14-15-34-29-21-31(23(22-33)20-28(29)30)40-19-5-18-37-16-3-2-4-17-37/h6-15,20-21H,2-5,16-19H2,1H3,(H2,35,36,38). The number of rotatable bonds is 10. The van der Waals surface area contributed by atoms with Crippen LogP contribution in [0.15, 0.2) is 72.9 Å². The maximum absolute atomic E-state index is 12.4. The van der Waals surface area contributed by atoms with Crippen molar-refractivity contribution in [3.05, 3.63) is 78.5 Å². The van der Waals surface area contributed by atoms with Gasteiger partial charge >= 0.3 is 6.03 Å². The predicted octanol–water partition coefficient (Wildman–Crippen LogP) is 6.81. The molecule has 0 saturated carbocycles. The van der Waals surface area contributed by atoms with Crippen molar-refractivity contribution in [3.63, 3.8) is 0 Å². The number of aromatic nitrogens is 1. The van der Waals surface area contributed by atoms with E-state index in [0.717, 1.165) is 26.1 Å². The average molecular weight is 552 g/mol. The summed E-state index contributed by atoms with van der Waals surface area (Å²) in [5.41, 5.74) is 2.38. The molecule has 0 aliphatic carbocycles. The molecule has 41 heavy (non-hydrogen) atoms. The molecule has 2 heterocycles. The molecule has 5 rings (SSSR count). The average Bonchev–Trinajstić information content (AvgIpc) is 3.01. The zero-order valence-corrected chi connectivity index (χ0v) is 23.1. The van der Waals surface area contributed by atoms with Crippen LogP contribution >= 0.6 is 0 Å². The SMILES string of the molecule is COc1ccc(NC(=O)Nc2ccc(Oc3ccnc4cc(OCCCN5CCCCC5)c(C#N)cc34)cc2)cc1. The second-order valence-electron chi connectivity index (χ2n) is 9.82. The Labute approximate surface area is 239 Å². The highest BCUT2D eigenvalue weighted by atomic mass is 16.5. The van der Waals surface area contributed by atoms with E-state index >= 15 is 0 Å². The quantitative estimate of drug-likeness (QED) is 0.209. The smallest absolute Gasteiger partial charge is 0.323 e. The molecule has 0 unspecified atom stereocenters. The number of carbonyl (C=O) groups excluding carboxylic acids is 1. The number of pyridine rings is 1. The third-order valence-electron chi connectivity index (χ3n) is 6.94. The molecule has 0 atom stereocenters. The third-order valence-corrected chi connectivity index (χ3v) is 6.94. The van der Waals surface area contributed by atoms with Gasteiger partial charge in [-0.15, -0.1) is 0 Å². The summed E-state index contributed by atoms with van der Waals surface area (Å²) in [5.74, 6) is 2.40. The molecule has 9 nitrogen and oxygen atoms in total. The number of amides is 2. The van der Waals surface area contributed by atoms with Gasteiger partial charge in [-0.05, 0) is 93.0 Å². The first-order valence-electron chi connectivity index (χ1n) is 13.8. The summed E-state index contributed by atoms with van der Waals surface area (Å²) in [6.45, 7) is 3.87. The highest BCUT2D eigenvalue weighted by molar-refractivity contribution is 5.99. The zero-order chi connectivity index (χ0) is 28.4. The zero-order valence-electron chi connectivity index (χ0n) is 23.1. The lowest BCUT2D eigenvalue weighted by Gasteiger charge is -2.26. The van der Waals surface area contributed by atoms with Gasteiger partial charge in [-0.2, -0.15) is 5.26 Å². The van der Waals surface area contributed by atoms with E-state index in [1.54, 1.807) is 80.0 Å². The Kier molecular flexibility index (Phi) is 9.14. The Morgan fingerprint density at radius 3 is 2.27 bits per heavy atom. The maximum Gasteiger partial charge on any atom is 0.323 e. The van der Waals surface area contributed by atoms with Crippen LogP contribution in [0.25, 0.3) is 10.9 Å². The molecule has 3 aromatic carbocycles. The van der Waals surface area contributed by atoms with Crippen molar-refractivity contribution in [1.29, 1.82) is 5.26 Å². The third kappa shape index (κ3) is 7.44. The van der Waals surface area contributed by atoms with E-state index in [9.17, 15) is 10.1 Å². The summed E-state index contributed by atoms with van der Waals surface area (Å²) in [5, 5.41) is 16.1. The number of methoxy groups -OCH3 is 1. The summed E-state index contributed by atoms with van der Waals surface area (Å²) >= 11 is 0. The van der Waals surface area contributed by atoms with Crippen molar-refractivity contribution < 1.29 is 19.0 Å². The molecule has 2 N–H and O–H groups in total. The molecule has 9 heteroatoms. The van der Waals surface area contributed by atoms with Crippen LogP contribution in [0.1, 0.15) is 31.2 Å². The van der Waals surface area contributed by atoms with Crippen molar-refractivity contribution in [3.8, 4) is 29.1 Å². The maximum atomic E-state index is 12.4. The van der Waals surface area contributed by atoms with Gasteiger partial charge in [0.15, 0.2) is 0 Å². The molecule has 0 bridgehead atoms. The molecule has 210 valence electrons. The van der Waals surface area contributed by atoms with Gasteiger partial charge in [-0.25, -0.2) is 4.79 Å². The van der Waals surface area contributed by atoms with Gasteiger partial charge in [0.2, 0.25) is 0 Å². The van der Waals surface area contributed by atoms with Gasteiger partial charge in [0.1, 0.15) is 29.1 Å². The van der Waals surface area contributed by atoms with Crippen LogP contribution < -0.4 is 24.8 Å². The lowest BCUT2D eigenvalue weighted by molar-refractivity contribution is 0.205. The number of benzene rings is 3. The van der Waals surface area contributed by atoms with Gasteiger partial charge in [-0.3, -0.25) is 4.98 Å². The Hall–Kier alpha value is -4.81. The second-order valence-corrected chi connectivity index (χ2v) is 9.82. The molecule has 0 spiro atoms. The summed E-state index contributed by atoms with van der Waals surface area (Å²) in [7, 11) is 1.59. The minimum atomic E-state index is -0.363. The van der Waals surface area contributed by atoms with Crippen LogP contribution in [-0.2, 0) is 0 Å². The molecule has 4 aromatic rings. The van der Waals surface area contributed by atoms with Gasteiger partial charge in [-0.1, -0.05) is 6.42 Å². The number of likely N-dealkylation sites (tertiary alicyclic amines) is 1. The fourth-order valence-corrected chi connectivity index (χ4v) is 4.80. The van der Waals surface area contributed by atoms with Crippen molar-refractivity contribution in [2.75, 3.05) is 44.0 Å². The largest absolute Gasteiger partial charge is 0.497 e. The topological polar surface area (TPSA) is 109 Å². The van der Waals surface area contributed by atoms with Gasteiger partial charge in [0.25, 0.3) is 0 Å². The number of hydrogen-bond donors (Lipinski definition) is 2. The van der Waals surface area contributed by atoms with Crippen molar-refractivity contribution in [1.82, 2.24) is 9.88 Å². The Morgan fingerprint density at radius 1 is 0.927 bits per heavy atom. The van der Waals surface area contributed by atoms with Gasteiger partial charge < -0.3 is 29.7 Å². The van der Waals surface area contributed by atoms with Crippen LogP contribution in [0.3, 0.4) is 0 Å². The fraction of sp³-hybridized carbons (Fsp3) is 0.281. The van der Waals surface area contributed by atoms with Crippen LogP contribution in [0.2, 0.25) is 0 Å². The number of fused-ring (bicyclic) bond motifs is 1. The number of piperidine rings is 1. The normalized spacial score (nSPS) is 13.3. The first-order chi connectivity index (χ1) is 20.1. The van der Waals surface area contributed by atoms with E-state index in [2.05, 4.69) is 26.6 Å². The van der Waals surface area contributed by atoms with Crippen molar-refractivity contribution in [2.24, 2.45) is 0 Å². The van der Waals surface area contributed by atoms with E-state index in [4.69, 9.17) is 14.2 Å². The molecular formula is C32H33N5O4. The number of hydrogen-bond acceptors (Lipinski definition) is 7. The number of carbonyl (C=O) groups is 1. The number of urea groups is 1. The van der Waals surface area contributed by atoms with E-state index in [-0.39, 0.29) is 6.03 Å². The molecular weight excluding hydrogens is 518 g/mol. The lowest BCUT2D eigenvalue weighted by Crippen LogP contribution is -2.31. The van der Waals surface area contributed by atoms with Crippen LogP contribution in [0.5, 0.6) is 23.0 Å². The van der Waals surface area contributed by atoms with E-state index < -0.39 is 0 Å². The first-order valence-corrected chi connectivity index (χ1v) is 13.8. The minimum Gasteiger partial charge on any atom is -0.497 e. The monoisotopic (exact) mass is 551 g/mol. The number of anilines is 2. The van der Waals surface area contributed by atoms with E-state index in [1.807, 2.05) is 0 Å². The molecule has 1 fully saturated rings. The molecule has 1 aromatic heterocycles. The van der Waals surface area contributed by atoms with Crippen LogP contribution in [0.4, 0.5) is 16.2 Å². The molecule has 2 amide bonds. The summed E-state index contributed by atoms with van der Waals surface area (Å²) in [6.07, 6.45) is 6.44. The Morgan fingerprint density at radius 2 is 1.61 bits per heavy atom. The highest BCUT2D eigenvalue weighted by Gasteiger charge is 2.13. The second kappa shape index (κ2) is 13.5. The van der Waals surface area contributed by atoms with Gasteiger partial charge in [0.05, 0.1) is 24.8 Å². The minimum absolute atomic E-state index is 0.363. The highest BCUT2D eigenvalue weighted by Crippen LogP contribution is 2.33. The predicted molar refractivity (Wildman–Crippen MR) is 159 cm³/mol. The molecule has 0 radical (unpaired) electrons. The summed E-state index contributed by atoms with van der Waals surface area (Å²) in [4.78, 5) is 19.3. The fourth-order valence-electron chi connectivity index (χ4n) is 4.80.